The molecule has 4 N–H and O–H groups in total. The highest BCUT2D eigenvalue weighted by Gasteiger charge is 2.43. The van der Waals surface area contributed by atoms with Crippen LogP contribution in [-0.2, 0) is 10.5 Å². The van der Waals surface area contributed by atoms with Gasteiger partial charge in [0.25, 0.3) is 0 Å². The SMILES string of the molecule is OC[C@H]1O[C@@H](SCc2cccc(F)c2)[C@H](O)[C@@H](O)[C@@H]1O. The average Bonchev–Trinajstić information content (AvgIpc) is 2.44. The lowest BCUT2D eigenvalue weighted by Crippen LogP contribution is -2.57. The van der Waals surface area contributed by atoms with Gasteiger partial charge in [0, 0.05) is 5.75 Å². The van der Waals surface area contributed by atoms with Crippen molar-refractivity contribution in [3.63, 3.8) is 0 Å². The Bertz CT molecular complexity index is 445. The van der Waals surface area contributed by atoms with Crippen LogP contribution < -0.4 is 0 Å². The zero-order valence-corrected chi connectivity index (χ0v) is 11.4. The van der Waals surface area contributed by atoms with Crippen LogP contribution in [0.1, 0.15) is 5.56 Å². The number of thioether (sulfide) groups is 1. The summed E-state index contributed by atoms with van der Waals surface area (Å²) in [6.45, 7) is -0.456. The second-order valence-corrected chi connectivity index (χ2v) is 5.72. The molecule has 1 aliphatic rings. The number of hydrogen-bond acceptors (Lipinski definition) is 6. The fraction of sp³-hybridized carbons (Fsp3) is 0.538. The van der Waals surface area contributed by atoms with Crippen molar-refractivity contribution >= 4 is 11.8 Å². The normalized spacial score (nSPS) is 34.1. The topological polar surface area (TPSA) is 90.2 Å². The van der Waals surface area contributed by atoms with Crippen LogP contribution in [0.2, 0.25) is 0 Å². The summed E-state index contributed by atoms with van der Waals surface area (Å²) in [6, 6.07) is 6.03. The van der Waals surface area contributed by atoms with Gasteiger partial charge in [-0.1, -0.05) is 12.1 Å². The van der Waals surface area contributed by atoms with Crippen molar-refractivity contribution < 1.29 is 29.6 Å². The molecule has 5 nitrogen and oxygen atoms in total. The van der Waals surface area contributed by atoms with Gasteiger partial charge in [-0.3, -0.25) is 0 Å². The third kappa shape index (κ3) is 3.49. The van der Waals surface area contributed by atoms with E-state index >= 15 is 0 Å². The van der Waals surface area contributed by atoms with Crippen LogP contribution >= 0.6 is 11.8 Å². The molecule has 1 saturated heterocycles. The Hall–Kier alpha value is -0.700. The summed E-state index contributed by atoms with van der Waals surface area (Å²) in [6.07, 6.45) is -4.93. The Morgan fingerprint density at radius 2 is 1.90 bits per heavy atom. The predicted octanol–water partition coefficient (Wildman–Crippen LogP) is -0.141. The Labute approximate surface area is 120 Å². The second kappa shape index (κ2) is 6.84. The minimum absolute atomic E-state index is 0.350. The Morgan fingerprint density at radius 3 is 2.55 bits per heavy atom. The second-order valence-electron chi connectivity index (χ2n) is 4.64. The zero-order chi connectivity index (χ0) is 14.7. The molecule has 1 aromatic rings. The molecule has 0 spiro atoms. The van der Waals surface area contributed by atoms with E-state index in [2.05, 4.69) is 0 Å². The molecule has 0 unspecified atom stereocenters. The Morgan fingerprint density at radius 1 is 1.15 bits per heavy atom. The van der Waals surface area contributed by atoms with Crippen LogP contribution in [-0.4, -0.2) is 56.9 Å². The van der Waals surface area contributed by atoms with Crippen molar-refractivity contribution in [1.29, 1.82) is 0 Å². The molecule has 1 fully saturated rings. The molecule has 1 aromatic carbocycles. The predicted molar refractivity (Wildman–Crippen MR) is 71.5 cm³/mol. The summed E-state index contributed by atoms with van der Waals surface area (Å²) in [5.74, 6) is 0.0254. The number of halogens is 1. The molecule has 0 saturated carbocycles. The van der Waals surface area contributed by atoms with E-state index in [9.17, 15) is 19.7 Å². The van der Waals surface area contributed by atoms with Crippen molar-refractivity contribution in [3.8, 4) is 0 Å². The maximum absolute atomic E-state index is 13.0. The molecular formula is C13H17FO5S. The average molecular weight is 304 g/mol. The molecule has 20 heavy (non-hydrogen) atoms. The van der Waals surface area contributed by atoms with E-state index in [1.54, 1.807) is 12.1 Å². The maximum atomic E-state index is 13.0. The third-order valence-corrected chi connectivity index (χ3v) is 4.37. The van der Waals surface area contributed by atoms with Crippen molar-refractivity contribution in [2.75, 3.05) is 6.61 Å². The highest BCUT2D eigenvalue weighted by molar-refractivity contribution is 7.99. The Balaban J connectivity index is 1.97. The third-order valence-electron chi connectivity index (χ3n) is 3.15. The number of aliphatic hydroxyl groups is 4. The molecule has 0 aliphatic carbocycles. The van der Waals surface area contributed by atoms with Crippen LogP contribution in [0.25, 0.3) is 0 Å². The first-order valence-corrected chi connectivity index (χ1v) is 7.24. The van der Waals surface area contributed by atoms with Crippen LogP contribution in [0.3, 0.4) is 0 Å². The van der Waals surface area contributed by atoms with Gasteiger partial charge in [-0.05, 0) is 17.7 Å². The quantitative estimate of drug-likeness (QED) is 0.619. The molecule has 5 atom stereocenters. The number of hydrogen-bond donors (Lipinski definition) is 4. The fourth-order valence-corrected chi connectivity index (χ4v) is 3.13. The van der Waals surface area contributed by atoms with Gasteiger partial charge < -0.3 is 25.2 Å². The van der Waals surface area contributed by atoms with Gasteiger partial charge in [0.05, 0.1) is 6.61 Å². The lowest BCUT2D eigenvalue weighted by molar-refractivity contribution is -0.205. The maximum Gasteiger partial charge on any atom is 0.132 e. The smallest absolute Gasteiger partial charge is 0.132 e. The van der Waals surface area contributed by atoms with E-state index in [1.165, 1.54) is 23.9 Å². The van der Waals surface area contributed by atoms with E-state index in [4.69, 9.17) is 9.84 Å². The lowest BCUT2D eigenvalue weighted by Gasteiger charge is -2.39. The van der Waals surface area contributed by atoms with Gasteiger partial charge in [-0.25, -0.2) is 4.39 Å². The summed E-state index contributed by atoms with van der Waals surface area (Å²) in [5.41, 5.74) is -0.0826. The largest absolute Gasteiger partial charge is 0.394 e. The van der Waals surface area contributed by atoms with Gasteiger partial charge >= 0.3 is 0 Å². The fourth-order valence-electron chi connectivity index (χ4n) is 2.01. The molecule has 0 aromatic heterocycles. The molecule has 0 bridgehead atoms. The first-order valence-electron chi connectivity index (χ1n) is 6.19. The molecule has 2 rings (SSSR count). The monoisotopic (exact) mass is 304 g/mol. The summed E-state index contributed by atoms with van der Waals surface area (Å²) < 4.78 is 18.4. The van der Waals surface area contributed by atoms with Gasteiger partial charge in [0.2, 0.25) is 0 Å². The minimum atomic E-state index is -1.38. The number of ether oxygens (including phenoxy) is 1. The van der Waals surface area contributed by atoms with Crippen LogP contribution in [0.15, 0.2) is 24.3 Å². The molecular weight excluding hydrogens is 287 g/mol. The highest BCUT2D eigenvalue weighted by atomic mass is 32.2. The van der Waals surface area contributed by atoms with E-state index in [0.717, 1.165) is 0 Å². The molecule has 0 radical (unpaired) electrons. The highest BCUT2D eigenvalue weighted by Crippen LogP contribution is 2.30. The van der Waals surface area contributed by atoms with E-state index < -0.39 is 36.5 Å². The molecule has 1 aliphatic heterocycles. The van der Waals surface area contributed by atoms with Crippen LogP contribution in [0, 0.1) is 5.82 Å². The van der Waals surface area contributed by atoms with Gasteiger partial charge in [0.1, 0.15) is 35.7 Å². The zero-order valence-electron chi connectivity index (χ0n) is 10.6. The van der Waals surface area contributed by atoms with Crippen LogP contribution in [0.4, 0.5) is 4.39 Å². The molecule has 7 heteroatoms. The first kappa shape index (κ1) is 15.7. The molecule has 112 valence electrons. The van der Waals surface area contributed by atoms with Crippen molar-refractivity contribution in [2.24, 2.45) is 0 Å². The number of aliphatic hydroxyl groups excluding tert-OH is 4. The van der Waals surface area contributed by atoms with E-state index in [1.807, 2.05) is 0 Å². The summed E-state index contributed by atoms with van der Waals surface area (Å²) >= 11 is 1.17. The van der Waals surface area contributed by atoms with Crippen molar-refractivity contribution in [3.05, 3.63) is 35.6 Å². The van der Waals surface area contributed by atoms with Crippen molar-refractivity contribution in [1.82, 2.24) is 0 Å². The van der Waals surface area contributed by atoms with Gasteiger partial charge in [-0.2, -0.15) is 0 Å². The minimum Gasteiger partial charge on any atom is -0.394 e. The van der Waals surface area contributed by atoms with Gasteiger partial charge in [0.15, 0.2) is 0 Å². The number of benzene rings is 1. The summed E-state index contributed by atoms with van der Waals surface area (Å²) in [5, 5.41) is 38.2. The van der Waals surface area contributed by atoms with E-state index in [-0.39, 0.29) is 5.82 Å². The van der Waals surface area contributed by atoms with Gasteiger partial charge in [-0.15, -0.1) is 11.8 Å². The summed E-state index contributed by atoms with van der Waals surface area (Å²) in [7, 11) is 0. The summed E-state index contributed by atoms with van der Waals surface area (Å²) in [4.78, 5) is 0. The number of rotatable bonds is 4. The van der Waals surface area contributed by atoms with Crippen molar-refractivity contribution in [2.45, 2.75) is 35.6 Å². The van der Waals surface area contributed by atoms with E-state index in [0.29, 0.717) is 11.3 Å². The first-order chi connectivity index (χ1) is 9.52. The lowest BCUT2D eigenvalue weighted by atomic mass is 10.0. The molecule has 1 heterocycles. The standard InChI is InChI=1S/C13H17FO5S/c14-8-3-1-2-7(4-8)6-20-13-12(18)11(17)10(16)9(5-15)19-13/h1-4,9-13,15-18H,5-6H2/t9-,10-,11+,12-,13+/m1/s1. The van der Waals surface area contributed by atoms with Crippen LogP contribution in [0.5, 0.6) is 0 Å². The Kier molecular flexibility index (Phi) is 5.36. The molecule has 0 amide bonds.